The number of nitrogens with two attached hydrogens (primary N) is 1. The Morgan fingerprint density at radius 2 is 1.90 bits per heavy atom. The van der Waals surface area contributed by atoms with Crippen molar-refractivity contribution in [3.8, 4) is 17.3 Å². The Morgan fingerprint density at radius 3 is 2.60 bits per heavy atom. The molecular formula is C15H16N4O. The predicted molar refractivity (Wildman–Crippen MR) is 78.4 cm³/mol. The second-order valence-electron chi connectivity index (χ2n) is 4.44. The second kappa shape index (κ2) is 5.30. The summed E-state index contributed by atoms with van der Waals surface area (Å²) in [6, 6.07) is 11.8. The number of fused-ring (bicyclic) bond motifs is 1. The number of rotatable bonds is 4. The summed E-state index contributed by atoms with van der Waals surface area (Å²) < 4.78 is 5.38. The van der Waals surface area contributed by atoms with Crippen molar-refractivity contribution in [1.82, 2.24) is 15.0 Å². The molecule has 0 aliphatic heterocycles. The van der Waals surface area contributed by atoms with Gasteiger partial charge in [0, 0.05) is 18.2 Å². The zero-order valence-electron chi connectivity index (χ0n) is 11.3. The van der Waals surface area contributed by atoms with Crippen molar-refractivity contribution in [3.05, 3.63) is 42.0 Å². The van der Waals surface area contributed by atoms with Crippen LogP contribution in [-0.2, 0) is 6.54 Å². The monoisotopic (exact) mass is 268 g/mol. The number of aromatic nitrogens is 3. The zero-order valence-corrected chi connectivity index (χ0v) is 11.3. The highest BCUT2D eigenvalue weighted by molar-refractivity contribution is 5.76. The summed E-state index contributed by atoms with van der Waals surface area (Å²) in [4.78, 5) is 12.1. The predicted octanol–water partition coefficient (Wildman–Crippen LogP) is 2.48. The molecule has 0 saturated heterocycles. The summed E-state index contributed by atoms with van der Waals surface area (Å²) in [6.07, 6.45) is 0. The van der Waals surface area contributed by atoms with Crippen molar-refractivity contribution in [3.63, 3.8) is 0 Å². The smallest absolute Gasteiger partial charge is 0.215 e. The molecule has 5 nitrogen and oxygen atoms in total. The Labute approximate surface area is 116 Å². The van der Waals surface area contributed by atoms with E-state index in [4.69, 9.17) is 10.5 Å². The van der Waals surface area contributed by atoms with Gasteiger partial charge >= 0.3 is 0 Å². The van der Waals surface area contributed by atoms with Gasteiger partial charge in [0.05, 0.1) is 12.1 Å². The van der Waals surface area contributed by atoms with Gasteiger partial charge < -0.3 is 15.5 Å². The van der Waals surface area contributed by atoms with Crippen LogP contribution in [0.15, 0.2) is 36.4 Å². The third-order valence-electron chi connectivity index (χ3n) is 3.08. The first-order valence-electron chi connectivity index (χ1n) is 6.59. The zero-order chi connectivity index (χ0) is 13.9. The van der Waals surface area contributed by atoms with E-state index in [0.29, 0.717) is 24.7 Å². The van der Waals surface area contributed by atoms with Crippen molar-refractivity contribution in [1.29, 1.82) is 0 Å². The molecule has 0 atom stereocenters. The van der Waals surface area contributed by atoms with Crippen molar-refractivity contribution in [2.45, 2.75) is 13.5 Å². The second-order valence-corrected chi connectivity index (χ2v) is 4.44. The first-order chi connectivity index (χ1) is 9.80. The van der Waals surface area contributed by atoms with Gasteiger partial charge in [0.25, 0.3) is 0 Å². The van der Waals surface area contributed by atoms with Gasteiger partial charge in [-0.2, -0.15) is 4.98 Å². The van der Waals surface area contributed by atoms with Crippen molar-refractivity contribution < 1.29 is 4.74 Å². The molecule has 1 aromatic carbocycles. The molecule has 2 heterocycles. The Kier molecular flexibility index (Phi) is 3.35. The summed E-state index contributed by atoms with van der Waals surface area (Å²) in [7, 11) is 0. The lowest BCUT2D eigenvalue weighted by molar-refractivity contribution is 0.328. The summed E-state index contributed by atoms with van der Waals surface area (Å²) in [5.74, 6) is 1.39. The third kappa shape index (κ3) is 2.35. The van der Waals surface area contributed by atoms with Crippen LogP contribution in [0.1, 0.15) is 12.5 Å². The van der Waals surface area contributed by atoms with E-state index in [2.05, 4.69) is 15.0 Å². The summed E-state index contributed by atoms with van der Waals surface area (Å²) in [5, 5.41) is 0. The van der Waals surface area contributed by atoms with Crippen LogP contribution in [0.2, 0.25) is 0 Å². The van der Waals surface area contributed by atoms with Crippen LogP contribution in [0.4, 0.5) is 0 Å². The first kappa shape index (κ1) is 12.6. The molecule has 0 radical (unpaired) electrons. The molecule has 3 aromatic rings. The van der Waals surface area contributed by atoms with Crippen LogP contribution < -0.4 is 10.5 Å². The van der Waals surface area contributed by atoms with Gasteiger partial charge in [0.15, 0.2) is 5.65 Å². The molecule has 5 heteroatoms. The van der Waals surface area contributed by atoms with Gasteiger partial charge in [-0.15, -0.1) is 0 Å². The number of hydrogen-bond donors (Lipinski definition) is 2. The molecule has 102 valence electrons. The molecule has 2 aromatic heterocycles. The largest absolute Gasteiger partial charge is 0.478 e. The lowest BCUT2D eigenvalue weighted by Gasteiger charge is -1.99. The van der Waals surface area contributed by atoms with Crippen LogP contribution in [0.5, 0.6) is 5.88 Å². The Hall–Kier alpha value is -2.40. The van der Waals surface area contributed by atoms with E-state index in [-0.39, 0.29) is 0 Å². The Bertz CT molecular complexity index is 718. The number of H-pyrrole nitrogens is 1. The molecule has 0 bridgehead atoms. The quantitative estimate of drug-likeness (QED) is 0.762. The highest BCUT2D eigenvalue weighted by atomic mass is 16.5. The number of nitrogens with one attached hydrogen (secondary N) is 1. The van der Waals surface area contributed by atoms with E-state index in [9.17, 15) is 0 Å². The lowest BCUT2D eigenvalue weighted by atomic mass is 10.1. The average molecular weight is 268 g/mol. The summed E-state index contributed by atoms with van der Waals surface area (Å²) >= 11 is 0. The van der Waals surface area contributed by atoms with Gasteiger partial charge in [0.2, 0.25) is 5.88 Å². The molecule has 20 heavy (non-hydrogen) atoms. The maximum atomic E-state index is 5.60. The molecule has 0 aliphatic carbocycles. The number of ether oxygens (including phenoxy) is 1. The first-order valence-corrected chi connectivity index (χ1v) is 6.59. The average Bonchev–Trinajstić information content (AvgIpc) is 2.91. The van der Waals surface area contributed by atoms with Crippen molar-refractivity contribution in [2.24, 2.45) is 5.73 Å². The van der Waals surface area contributed by atoms with Crippen molar-refractivity contribution >= 4 is 11.2 Å². The standard InChI is InChI=1S/C15H16N4O/c1-2-20-13-8-7-12-15(18-13)19-14(17-12)11-5-3-10(9-16)4-6-11/h3-8H,2,9,16H2,1H3,(H,17,18,19). The SMILES string of the molecule is CCOc1ccc2[nH]c(-c3ccc(CN)cc3)nc2n1. The minimum absolute atomic E-state index is 0.541. The highest BCUT2D eigenvalue weighted by Crippen LogP contribution is 2.21. The maximum Gasteiger partial charge on any atom is 0.215 e. The van der Waals surface area contributed by atoms with Gasteiger partial charge in [0.1, 0.15) is 5.82 Å². The van der Waals surface area contributed by atoms with E-state index in [0.717, 1.165) is 22.5 Å². The van der Waals surface area contributed by atoms with E-state index in [1.807, 2.05) is 43.3 Å². The van der Waals surface area contributed by atoms with E-state index in [1.165, 1.54) is 0 Å². The number of pyridine rings is 1. The Morgan fingerprint density at radius 1 is 1.10 bits per heavy atom. The highest BCUT2D eigenvalue weighted by Gasteiger charge is 2.07. The third-order valence-corrected chi connectivity index (χ3v) is 3.08. The van der Waals surface area contributed by atoms with Gasteiger partial charge in [-0.3, -0.25) is 0 Å². The molecule has 0 saturated carbocycles. The Balaban J connectivity index is 1.98. The number of aromatic amines is 1. The fourth-order valence-corrected chi connectivity index (χ4v) is 2.04. The molecule has 0 amide bonds. The molecular weight excluding hydrogens is 252 g/mol. The minimum Gasteiger partial charge on any atom is -0.478 e. The maximum absolute atomic E-state index is 5.60. The van der Waals surface area contributed by atoms with Gasteiger partial charge in [-0.05, 0) is 18.6 Å². The van der Waals surface area contributed by atoms with Crippen LogP contribution in [0.25, 0.3) is 22.6 Å². The minimum atomic E-state index is 0.541. The van der Waals surface area contributed by atoms with Gasteiger partial charge in [-0.25, -0.2) is 4.98 Å². The summed E-state index contributed by atoms with van der Waals surface area (Å²) in [5.41, 5.74) is 9.26. The van der Waals surface area contributed by atoms with E-state index in [1.54, 1.807) is 0 Å². The van der Waals surface area contributed by atoms with Crippen LogP contribution >= 0.6 is 0 Å². The van der Waals surface area contributed by atoms with E-state index >= 15 is 0 Å². The molecule has 0 aliphatic rings. The van der Waals surface area contributed by atoms with E-state index < -0.39 is 0 Å². The molecule has 3 rings (SSSR count). The van der Waals surface area contributed by atoms with Crippen LogP contribution in [0, 0.1) is 0 Å². The topological polar surface area (TPSA) is 76.8 Å². The molecule has 3 N–H and O–H groups in total. The van der Waals surface area contributed by atoms with Crippen LogP contribution in [-0.4, -0.2) is 21.6 Å². The fraction of sp³-hybridized carbons (Fsp3) is 0.200. The normalized spacial score (nSPS) is 10.9. The van der Waals surface area contributed by atoms with Crippen LogP contribution in [0.3, 0.4) is 0 Å². The molecule has 0 fully saturated rings. The molecule has 0 unspecified atom stereocenters. The van der Waals surface area contributed by atoms with Crippen molar-refractivity contribution in [2.75, 3.05) is 6.61 Å². The number of hydrogen-bond acceptors (Lipinski definition) is 4. The fourth-order valence-electron chi connectivity index (χ4n) is 2.04. The number of imidazole rings is 1. The summed E-state index contributed by atoms with van der Waals surface area (Å²) in [6.45, 7) is 3.07. The number of benzene rings is 1. The number of nitrogens with zero attached hydrogens (tertiary/aromatic N) is 2. The lowest BCUT2D eigenvalue weighted by Crippen LogP contribution is -1.95. The molecule has 0 spiro atoms. The van der Waals surface area contributed by atoms with Gasteiger partial charge in [-0.1, -0.05) is 24.3 Å².